The maximum absolute atomic E-state index is 12.9. The van der Waals surface area contributed by atoms with Gasteiger partial charge >= 0.3 is 12.2 Å². The highest BCUT2D eigenvalue weighted by atomic mass is 35.5. The number of carbonyl (C=O) groups excluding carboxylic acids is 3. The molecular formula is C31H34ClF3N8O6S. The summed E-state index contributed by atoms with van der Waals surface area (Å²) in [7, 11) is -3.72. The molecule has 0 spiro atoms. The van der Waals surface area contributed by atoms with Crippen molar-refractivity contribution >= 4 is 56.9 Å². The van der Waals surface area contributed by atoms with E-state index in [1.165, 1.54) is 19.1 Å². The Balaban J connectivity index is 1.13. The van der Waals surface area contributed by atoms with Crippen LogP contribution in [-0.2, 0) is 25.2 Å². The molecule has 2 aliphatic carbocycles. The summed E-state index contributed by atoms with van der Waals surface area (Å²) in [5.74, 6) is -1.84. The van der Waals surface area contributed by atoms with Crippen molar-refractivity contribution < 1.29 is 40.7 Å². The number of rotatable bonds is 16. The lowest BCUT2D eigenvalue weighted by atomic mass is 10.1. The number of nitrogens with zero attached hydrogens (tertiary/aromatic N) is 3. The number of amides is 3. The van der Waals surface area contributed by atoms with Crippen LogP contribution in [0.5, 0.6) is 6.01 Å². The Kier molecular flexibility index (Phi) is 11.0. The van der Waals surface area contributed by atoms with Crippen LogP contribution in [0.1, 0.15) is 61.4 Å². The van der Waals surface area contributed by atoms with E-state index in [4.69, 9.17) is 16.3 Å². The lowest BCUT2D eigenvalue weighted by molar-refractivity contribution is -0.154. The smallest absolute Gasteiger partial charge is 0.422 e. The van der Waals surface area contributed by atoms with E-state index < -0.39 is 63.4 Å². The number of benzene rings is 2. The molecule has 2 saturated carbocycles. The van der Waals surface area contributed by atoms with Crippen LogP contribution in [0, 0.1) is 0 Å². The first-order valence-electron chi connectivity index (χ1n) is 15.6. The van der Waals surface area contributed by atoms with Crippen molar-refractivity contribution in [2.24, 2.45) is 0 Å². The molecule has 0 saturated heterocycles. The number of sulfonamides is 1. The summed E-state index contributed by atoms with van der Waals surface area (Å²) in [5, 5.41) is 11.2. The van der Waals surface area contributed by atoms with Crippen molar-refractivity contribution in [3.63, 3.8) is 0 Å². The van der Waals surface area contributed by atoms with Crippen LogP contribution in [0.15, 0.2) is 48.5 Å². The van der Waals surface area contributed by atoms with Gasteiger partial charge in [0.05, 0.1) is 10.8 Å². The fraction of sp³-hybridized carbons (Fsp3) is 0.419. The summed E-state index contributed by atoms with van der Waals surface area (Å²) in [5.41, 5.74) is 1.08. The van der Waals surface area contributed by atoms with Crippen molar-refractivity contribution in [3.05, 3.63) is 64.7 Å². The Bertz CT molecular complexity index is 1820. The van der Waals surface area contributed by atoms with Gasteiger partial charge in [0, 0.05) is 29.2 Å². The zero-order valence-corrected chi connectivity index (χ0v) is 28.2. The molecule has 1 aromatic heterocycles. The van der Waals surface area contributed by atoms with Gasteiger partial charge in [-0.1, -0.05) is 23.7 Å². The summed E-state index contributed by atoms with van der Waals surface area (Å²) < 4.78 is 69.3. The third-order valence-corrected chi connectivity index (χ3v) is 9.81. The van der Waals surface area contributed by atoms with Gasteiger partial charge < -0.3 is 26.0 Å². The Morgan fingerprint density at radius 3 is 2.28 bits per heavy atom. The monoisotopic (exact) mass is 738 g/mol. The number of aromatic nitrogens is 3. The number of carbonyl (C=O) groups is 3. The molecule has 50 heavy (non-hydrogen) atoms. The van der Waals surface area contributed by atoms with Gasteiger partial charge in [0.15, 0.2) is 6.61 Å². The van der Waals surface area contributed by atoms with Crippen LogP contribution in [0.4, 0.5) is 30.8 Å². The molecule has 0 aliphatic heterocycles. The molecule has 5 rings (SSSR count). The van der Waals surface area contributed by atoms with E-state index in [0.29, 0.717) is 23.6 Å². The van der Waals surface area contributed by atoms with Gasteiger partial charge in [-0.3, -0.25) is 19.1 Å². The van der Waals surface area contributed by atoms with Gasteiger partial charge in [0.2, 0.25) is 27.8 Å². The van der Waals surface area contributed by atoms with E-state index in [9.17, 15) is 36.0 Å². The SMILES string of the molecule is C[C@@H](NC(=O)CCCNC(=O)c1ccc(Nc2nc(NC3(c4ccc(Cl)cc4)CC3)nc(OCC(F)(F)F)n2)cc1)C(=O)NS(=O)(=O)C1CC1. The molecule has 2 fully saturated rings. The zero-order chi connectivity index (χ0) is 36.1. The van der Waals surface area contributed by atoms with E-state index in [1.54, 1.807) is 24.3 Å². The van der Waals surface area contributed by atoms with Crippen LogP contribution in [0.3, 0.4) is 0 Å². The van der Waals surface area contributed by atoms with Crippen molar-refractivity contribution in [2.75, 3.05) is 23.8 Å². The van der Waals surface area contributed by atoms with Gasteiger partial charge in [0.25, 0.3) is 11.8 Å². The molecule has 14 nitrogen and oxygen atoms in total. The summed E-state index contributed by atoms with van der Waals surface area (Å²) >= 11 is 6.01. The summed E-state index contributed by atoms with van der Waals surface area (Å²) in [4.78, 5) is 49.3. The van der Waals surface area contributed by atoms with E-state index in [1.807, 2.05) is 16.9 Å². The standard InChI is InChI=1S/C31H34ClF3N8O6S/c1-18(25(45)43-50(47,48)23-12-13-23)37-24(44)3-2-16-36-26(46)19-4-10-22(11-5-19)38-27-39-28(41-29(40-27)49-17-31(33,34)35)42-30(14-15-30)20-6-8-21(32)9-7-20/h4-11,18,23H,2-3,12-17H2,1H3,(H,36,46)(H,37,44)(H,43,45)(H2,38,39,40,41,42)/t18-/m1/s1. The first kappa shape index (κ1) is 36.6. The largest absolute Gasteiger partial charge is 0.454 e. The third kappa shape index (κ3) is 10.4. The van der Waals surface area contributed by atoms with Crippen LogP contribution in [0.25, 0.3) is 0 Å². The third-order valence-electron chi connectivity index (χ3n) is 7.72. The normalized spacial score (nSPS) is 15.7. The zero-order valence-electron chi connectivity index (χ0n) is 26.6. The van der Waals surface area contributed by atoms with Crippen molar-refractivity contribution in [3.8, 4) is 6.01 Å². The number of nitrogens with one attached hydrogen (secondary N) is 5. The van der Waals surface area contributed by atoms with Crippen LogP contribution in [-0.4, -0.2) is 71.7 Å². The van der Waals surface area contributed by atoms with Gasteiger partial charge in [-0.05, 0) is 81.0 Å². The van der Waals surface area contributed by atoms with Crippen molar-refractivity contribution in [1.29, 1.82) is 0 Å². The fourth-order valence-corrected chi connectivity index (χ4v) is 6.24. The first-order valence-corrected chi connectivity index (χ1v) is 17.5. The second-order valence-electron chi connectivity index (χ2n) is 11.9. The molecule has 5 N–H and O–H groups in total. The van der Waals surface area contributed by atoms with Gasteiger partial charge in [0.1, 0.15) is 6.04 Å². The quantitative estimate of drug-likeness (QED) is 0.134. The highest BCUT2D eigenvalue weighted by Crippen LogP contribution is 2.48. The molecule has 2 aliphatic rings. The topological polar surface area (TPSA) is 193 Å². The molecular weight excluding hydrogens is 705 g/mol. The fourth-order valence-electron chi connectivity index (χ4n) is 4.73. The summed E-state index contributed by atoms with van der Waals surface area (Å²) in [6, 6.07) is 11.6. The second-order valence-corrected chi connectivity index (χ2v) is 14.3. The number of hydrogen-bond donors (Lipinski definition) is 5. The van der Waals surface area contributed by atoms with Gasteiger partial charge in [-0.2, -0.15) is 28.1 Å². The highest BCUT2D eigenvalue weighted by molar-refractivity contribution is 7.90. The van der Waals surface area contributed by atoms with Gasteiger partial charge in [-0.25, -0.2) is 8.42 Å². The molecule has 0 bridgehead atoms. The van der Waals surface area contributed by atoms with Gasteiger partial charge in [-0.15, -0.1) is 0 Å². The Labute approximate surface area is 290 Å². The summed E-state index contributed by atoms with van der Waals surface area (Å²) in [6.07, 6.45) is -1.94. The Morgan fingerprint density at radius 2 is 1.66 bits per heavy atom. The van der Waals surface area contributed by atoms with Crippen LogP contribution in [0.2, 0.25) is 5.02 Å². The van der Waals surface area contributed by atoms with E-state index in [-0.39, 0.29) is 36.8 Å². The highest BCUT2D eigenvalue weighted by Gasteiger charge is 2.45. The number of hydrogen-bond acceptors (Lipinski definition) is 11. The lowest BCUT2D eigenvalue weighted by Gasteiger charge is -2.19. The Hall–Kier alpha value is -4.71. The molecule has 3 amide bonds. The predicted octanol–water partition coefficient (Wildman–Crippen LogP) is 3.93. The molecule has 0 unspecified atom stereocenters. The van der Waals surface area contributed by atoms with E-state index in [0.717, 1.165) is 18.4 Å². The summed E-state index contributed by atoms with van der Waals surface area (Å²) in [6.45, 7) is -0.0864. The maximum atomic E-state index is 12.9. The van der Waals surface area contributed by atoms with E-state index >= 15 is 0 Å². The minimum Gasteiger partial charge on any atom is -0.454 e. The number of ether oxygens (including phenoxy) is 1. The molecule has 0 radical (unpaired) electrons. The van der Waals surface area contributed by atoms with Crippen LogP contribution < -0.4 is 30.7 Å². The van der Waals surface area contributed by atoms with Crippen molar-refractivity contribution in [1.82, 2.24) is 30.3 Å². The maximum Gasteiger partial charge on any atom is 0.422 e. The number of alkyl halides is 3. The molecule has 1 heterocycles. The molecule has 268 valence electrons. The molecule has 2 aromatic carbocycles. The minimum absolute atomic E-state index is 0.00366. The molecule has 3 aromatic rings. The molecule has 19 heteroatoms. The minimum atomic E-state index is -4.61. The average Bonchev–Trinajstić information content (AvgIpc) is 3.98. The lowest BCUT2D eigenvalue weighted by Crippen LogP contribution is -2.47. The average molecular weight is 739 g/mol. The van der Waals surface area contributed by atoms with Crippen molar-refractivity contribution in [2.45, 2.75) is 68.5 Å². The molecule has 1 atom stereocenters. The first-order chi connectivity index (χ1) is 23.6. The second kappa shape index (κ2) is 15.0. The number of halogens is 4. The van der Waals surface area contributed by atoms with Crippen LogP contribution >= 0.6 is 11.6 Å². The van der Waals surface area contributed by atoms with E-state index in [2.05, 4.69) is 36.2 Å². The Morgan fingerprint density at radius 1 is 1.00 bits per heavy atom. The predicted molar refractivity (Wildman–Crippen MR) is 176 cm³/mol. The number of anilines is 3.